The number of amides is 1. The lowest BCUT2D eigenvalue weighted by Gasteiger charge is -2.14. The summed E-state index contributed by atoms with van der Waals surface area (Å²) in [5.41, 5.74) is 6.44. The van der Waals surface area contributed by atoms with Crippen molar-refractivity contribution in [3.8, 4) is 17.0 Å². The van der Waals surface area contributed by atoms with E-state index in [1.807, 2.05) is 0 Å². The second-order valence-corrected chi connectivity index (χ2v) is 8.31. The van der Waals surface area contributed by atoms with Crippen LogP contribution in [0.3, 0.4) is 0 Å². The van der Waals surface area contributed by atoms with Crippen molar-refractivity contribution < 1.29 is 31.8 Å². The van der Waals surface area contributed by atoms with Gasteiger partial charge in [0.25, 0.3) is 5.91 Å². The second kappa shape index (κ2) is 12.5. The van der Waals surface area contributed by atoms with Crippen molar-refractivity contribution in [1.82, 2.24) is 19.7 Å². The van der Waals surface area contributed by atoms with E-state index >= 15 is 0 Å². The van der Waals surface area contributed by atoms with Crippen molar-refractivity contribution in [2.45, 2.75) is 12.8 Å². The van der Waals surface area contributed by atoms with Crippen molar-refractivity contribution in [2.75, 3.05) is 38.7 Å². The number of nitrogens with zero attached hydrogens (tertiary/aromatic N) is 3. The topological polar surface area (TPSA) is 116 Å². The Hall–Kier alpha value is -4.23. The molecule has 0 fully saturated rings. The van der Waals surface area contributed by atoms with Crippen molar-refractivity contribution in [3.63, 3.8) is 0 Å². The monoisotopic (exact) mass is 546 g/mol. The molecule has 0 saturated heterocycles. The fourth-order valence-electron chi connectivity index (χ4n) is 3.98. The highest BCUT2D eigenvalue weighted by Crippen LogP contribution is 2.31. The molecule has 1 amide bonds. The van der Waals surface area contributed by atoms with Crippen LogP contribution in [0.4, 0.5) is 29.1 Å². The van der Waals surface area contributed by atoms with E-state index in [2.05, 4.69) is 20.6 Å². The summed E-state index contributed by atoms with van der Waals surface area (Å²) in [4.78, 5) is 21.2. The number of halogens is 4. The van der Waals surface area contributed by atoms with Gasteiger partial charge in [0.2, 0.25) is 12.2 Å². The van der Waals surface area contributed by atoms with E-state index in [1.165, 1.54) is 54.4 Å². The zero-order chi connectivity index (χ0) is 27.9. The lowest BCUT2D eigenvalue weighted by atomic mass is 10.0. The molecule has 9 nitrogen and oxygen atoms in total. The molecule has 0 bridgehead atoms. The Morgan fingerprint density at radius 2 is 1.95 bits per heavy atom. The molecule has 0 unspecified atom stereocenters. The van der Waals surface area contributed by atoms with Crippen molar-refractivity contribution >= 4 is 23.1 Å². The van der Waals surface area contributed by atoms with Gasteiger partial charge in [0.1, 0.15) is 0 Å². The maximum Gasteiger partial charge on any atom is 0.251 e. The largest absolute Gasteiger partial charge is 0.494 e. The fourth-order valence-corrected chi connectivity index (χ4v) is 3.98. The first kappa shape index (κ1) is 27.8. The van der Waals surface area contributed by atoms with Crippen LogP contribution in [0.5, 0.6) is 5.75 Å². The predicted molar refractivity (Wildman–Crippen MR) is 137 cm³/mol. The standard InChI is InChI=1S/C26H26F4N6O3/c1-38-20-5-4-18(22(29)23(20)30)19-14-34-25-24(32-7-9-36(19)25)35-16-2-3-17(15(12-16)13-21(27)28)26(37)33-8-11-39-10-6-31/h2-5,7,9,12,14,21H,6,8,10-11,13,31H2,1H3,(H,32,35)(H,33,37). The molecule has 0 aliphatic rings. The number of hydrogen-bond acceptors (Lipinski definition) is 7. The van der Waals surface area contributed by atoms with Gasteiger partial charge in [0, 0.05) is 48.7 Å². The Labute approximate surface area is 221 Å². The van der Waals surface area contributed by atoms with Gasteiger partial charge >= 0.3 is 0 Å². The van der Waals surface area contributed by atoms with Crippen LogP contribution in [0.25, 0.3) is 16.9 Å². The molecule has 0 aliphatic heterocycles. The molecule has 39 heavy (non-hydrogen) atoms. The van der Waals surface area contributed by atoms with Gasteiger partial charge in [-0.25, -0.2) is 23.1 Å². The minimum Gasteiger partial charge on any atom is -0.494 e. The van der Waals surface area contributed by atoms with Crippen LogP contribution in [0.2, 0.25) is 0 Å². The van der Waals surface area contributed by atoms with Gasteiger partial charge in [-0.3, -0.25) is 9.20 Å². The van der Waals surface area contributed by atoms with E-state index in [1.54, 1.807) is 6.07 Å². The first-order chi connectivity index (χ1) is 18.8. The number of aromatic nitrogens is 3. The third kappa shape index (κ3) is 6.26. The SMILES string of the molecule is COc1ccc(-c2cnc3c(Nc4ccc(C(=O)NCCOCCN)c(CC(F)F)c4)nccn23)c(F)c1F. The second-order valence-electron chi connectivity index (χ2n) is 8.31. The lowest BCUT2D eigenvalue weighted by Crippen LogP contribution is -2.29. The molecule has 0 atom stereocenters. The normalized spacial score (nSPS) is 11.3. The minimum atomic E-state index is -2.68. The third-order valence-corrected chi connectivity index (χ3v) is 5.75. The Bertz CT molecular complexity index is 1460. The molecule has 0 radical (unpaired) electrons. The van der Waals surface area contributed by atoms with Gasteiger partial charge in [0.15, 0.2) is 23.0 Å². The summed E-state index contributed by atoms with van der Waals surface area (Å²) in [7, 11) is 1.24. The van der Waals surface area contributed by atoms with Crippen LogP contribution in [-0.2, 0) is 11.2 Å². The number of imidazole rings is 1. The maximum atomic E-state index is 14.7. The number of fused-ring (bicyclic) bond motifs is 1. The summed E-state index contributed by atoms with van der Waals surface area (Å²) < 4.78 is 67.2. The number of rotatable bonds is 12. The first-order valence-electron chi connectivity index (χ1n) is 11.9. The van der Waals surface area contributed by atoms with Crippen molar-refractivity contribution in [2.24, 2.45) is 5.73 Å². The molecular formula is C26H26F4N6O3. The van der Waals surface area contributed by atoms with E-state index in [0.717, 1.165) is 0 Å². The summed E-state index contributed by atoms with van der Waals surface area (Å²) in [5, 5.41) is 5.65. The zero-order valence-electron chi connectivity index (χ0n) is 20.9. The molecule has 0 aliphatic carbocycles. The lowest BCUT2D eigenvalue weighted by molar-refractivity contribution is 0.0917. The molecule has 4 rings (SSSR count). The van der Waals surface area contributed by atoms with E-state index in [9.17, 15) is 22.4 Å². The first-order valence-corrected chi connectivity index (χ1v) is 11.9. The number of benzene rings is 2. The number of nitrogens with one attached hydrogen (secondary N) is 2. The zero-order valence-corrected chi connectivity index (χ0v) is 20.9. The van der Waals surface area contributed by atoms with Crippen LogP contribution >= 0.6 is 0 Å². The molecule has 0 spiro atoms. The van der Waals surface area contributed by atoms with Crippen molar-refractivity contribution in [3.05, 3.63) is 71.7 Å². The number of methoxy groups -OCH3 is 1. The molecule has 2 aromatic heterocycles. The van der Waals surface area contributed by atoms with Crippen LogP contribution in [-0.4, -0.2) is 60.1 Å². The van der Waals surface area contributed by atoms with E-state index in [-0.39, 0.29) is 52.8 Å². The van der Waals surface area contributed by atoms with Gasteiger partial charge < -0.3 is 25.8 Å². The number of nitrogens with two attached hydrogens (primary N) is 1. The highest BCUT2D eigenvalue weighted by Gasteiger charge is 2.20. The van der Waals surface area contributed by atoms with Gasteiger partial charge in [-0.1, -0.05) is 0 Å². The number of carbonyl (C=O) groups excluding carboxylic acids is 1. The Morgan fingerprint density at radius 1 is 1.13 bits per heavy atom. The minimum absolute atomic E-state index is 0.0408. The predicted octanol–water partition coefficient (Wildman–Crippen LogP) is 3.94. The third-order valence-electron chi connectivity index (χ3n) is 5.75. The molecular weight excluding hydrogens is 520 g/mol. The van der Waals surface area contributed by atoms with Crippen LogP contribution in [0.15, 0.2) is 48.9 Å². The number of ether oxygens (including phenoxy) is 2. The summed E-state index contributed by atoms with van der Waals surface area (Å²) in [6.07, 6.45) is 0.981. The number of carbonyl (C=O) groups is 1. The van der Waals surface area contributed by atoms with Gasteiger partial charge in [-0.2, -0.15) is 4.39 Å². The Kier molecular flexibility index (Phi) is 8.94. The summed E-state index contributed by atoms with van der Waals surface area (Å²) in [6.45, 7) is 1.12. The Morgan fingerprint density at radius 3 is 2.69 bits per heavy atom. The molecule has 2 heterocycles. The molecule has 4 aromatic rings. The van der Waals surface area contributed by atoms with E-state index in [4.69, 9.17) is 15.2 Å². The average Bonchev–Trinajstić information content (AvgIpc) is 3.35. The fraction of sp³-hybridized carbons (Fsp3) is 0.269. The van der Waals surface area contributed by atoms with Gasteiger partial charge in [0.05, 0.1) is 32.2 Å². The average molecular weight is 547 g/mol. The van der Waals surface area contributed by atoms with Crippen LogP contribution < -0.4 is 21.1 Å². The summed E-state index contributed by atoms with van der Waals surface area (Å²) in [6, 6.07) is 7.09. The smallest absolute Gasteiger partial charge is 0.251 e. The van der Waals surface area contributed by atoms with E-state index in [0.29, 0.717) is 18.8 Å². The number of hydrogen-bond donors (Lipinski definition) is 3. The number of alkyl halides is 2. The van der Waals surface area contributed by atoms with E-state index < -0.39 is 30.4 Å². The molecule has 0 saturated carbocycles. The molecule has 206 valence electrons. The van der Waals surface area contributed by atoms with Crippen LogP contribution in [0, 0.1) is 11.6 Å². The molecule has 4 N–H and O–H groups in total. The quantitative estimate of drug-likeness (QED) is 0.182. The highest BCUT2D eigenvalue weighted by molar-refractivity contribution is 5.96. The molecule has 2 aromatic carbocycles. The highest BCUT2D eigenvalue weighted by atomic mass is 19.3. The van der Waals surface area contributed by atoms with Crippen LogP contribution in [0.1, 0.15) is 15.9 Å². The maximum absolute atomic E-state index is 14.7. The molecule has 13 heteroatoms. The van der Waals surface area contributed by atoms with Gasteiger partial charge in [-0.05, 0) is 35.9 Å². The Balaban J connectivity index is 1.61. The number of anilines is 2. The summed E-state index contributed by atoms with van der Waals surface area (Å²) in [5.74, 6) is -2.74. The van der Waals surface area contributed by atoms with Crippen molar-refractivity contribution in [1.29, 1.82) is 0 Å². The van der Waals surface area contributed by atoms with Gasteiger partial charge in [-0.15, -0.1) is 0 Å². The summed E-state index contributed by atoms with van der Waals surface area (Å²) >= 11 is 0.